The highest BCUT2D eigenvalue weighted by Crippen LogP contribution is 2.40. The summed E-state index contributed by atoms with van der Waals surface area (Å²) in [7, 11) is 0. The highest BCUT2D eigenvalue weighted by Gasteiger charge is 2.27. The summed E-state index contributed by atoms with van der Waals surface area (Å²) < 4.78 is 0. The number of carbonyl (C=O) groups is 2. The lowest BCUT2D eigenvalue weighted by Crippen LogP contribution is -2.19. The van der Waals surface area contributed by atoms with E-state index >= 15 is 0 Å². The van der Waals surface area contributed by atoms with Gasteiger partial charge in [0.25, 0.3) is 5.91 Å². The molecule has 0 saturated heterocycles. The number of nitrogens with two attached hydrogens (primary N) is 1. The Morgan fingerprint density at radius 3 is 2.76 bits per heavy atom. The van der Waals surface area contributed by atoms with Crippen molar-refractivity contribution >= 4 is 34.2 Å². The Morgan fingerprint density at radius 1 is 1.32 bits per heavy atom. The van der Waals surface area contributed by atoms with Crippen LogP contribution < -0.4 is 11.1 Å². The van der Waals surface area contributed by atoms with Gasteiger partial charge >= 0.3 is 0 Å². The van der Waals surface area contributed by atoms with Crippen molar-refractivity contribution in [3.05, 3.63) is 58.0 Å². The van der Waals surface area contributed by atoms with Gasteiger partial charge in [0.1, 0.15) is 5.00 Å². The molecule has 3 N–H and O–H groups in total. The van der Waals surface area contributed by atoms with Crippen molar-refractivity contribution < 1.29 is 9.59 Å². The van der Waals surface area contributed by atoms with Gasteiger partial charge in [-0.05, 0) is 42.4 Å². The highest BCUT2D eigenvalue weighted by molar-refractivity contribution is 7.17. The van der Waals surface area contributed by atoms with E-state index in [0.29, 0.717) is 16.5 Å². The average Bonchev–Trinajstić information content (AvgIpc) is 2.97. The quantitative estimate of drug-likeness (QED) is 0.796. The third kappa shape index (κ3) is 3.99. The number of nitrogens with one attached hydrogen (secondary N) is 1. The van der Waals surface area contributed by atoms with Crippen molar-refractivity contribution in [1.82, 2.24) is 0 Å². The van der Waals surface area contributed by atoms with E-state index in [4.69, 9.17) is 5.73 Å². The second-order valence-electron chi connectivity index (χ2n) is 6.32. The summed E-state index contributed by atoms with van der Waals surface area (Å²) in [6.07, 6.45) is 7.25. The second kappa shape index (κ2) is 7.66. The van der Waals surface area contributed by atoms with Crippen molar-refractivity contribution in [1.29, 1.82) is 0 Å². The van der Waals surface area contributed by atoms with E-state index < -0.39 is 5.91 Å². The molecule has 0 unspecified atom stereocenters. The van der Waals surface area contributed by atoms with E-state index in [1.54, 1.807) is 6.08 Å². The molecular formula is C20H22N2O2S. The number of fused-ring (bicyclic) bond motifs is 1. The molecule has 1 aliphatic carbocycles. The van der Waals surface area contributed by atoms with E-state index in [9.17, 15) is 9.59 Å². The zero-order chi connectivity index (χ0) is 17.8. The number of primary amides is 1. The molecule has 4 nitrogen and oxygen atoms in total. The van der Waals surface area contributed by atoms with E-state index in [2.05, 4.69) is 12.2 Å². The number of amides is 2. The molecule has 0 radical (unpaired) electrons. The maximum Gasteiger partial charge on any atom is 0.251 e. The number of carbonyl (C=O) groups excluding carboxylic acids is 2. The third-order valence-electron chi connectivity index (χ3n) is 4.65. The molecule has 130 valence electrons. The van der Waals surface area contributed by atoms with Crippen LogP contribution in [0.4, 0.5) is 5.00 Å². The van der Waals surface area contributed by atoms with Gasteiger partial charge < -0.3 is 11.1 Å². The van der Waals surface area contributed by atoms with Gasteiger partial charge in [-0.2, -0.15) is 0 Å². The predicted molar refractivity (Wildman–Crippen MR) is 103 cm³/mol. The summed E-state index contributed by atoms with van der Waals surface area (Å²) in [5, 5.41) is 3.42. The standard InChI is InChI=1S/C20H22N2O2S/c1-2-13-8-10-15-16(12-13)25-20(18(15)19(21)24)22-17(23)11-9-14-6-4-3-5-7-14/h3-7,9,11,13H,2,8,10,12H2,1H3,(H2,21,24)(H,22,23)/b11-9-/t13-/m1/s1. The van der Waals surface area contributed by atoms with Crippen molar-refractivity contribution in [2.45, 2.75) is 32.6 Å². The molecule has 0 spiro atoms. The predicted octanol–water partition coefficient (Wildman–Crippen LogP) is 4.01. The van der Waals surface area contributed by atoms with Gasteiger partial charge in [-0.1, -0.05) is 43.7 Å². The lowest BCUT2D eigenvalue weighted by molar-refractivity contribution is -0.111. The zero-order valence-electron chi connectivity index (χ0n) is 14.2. The fourth-order valence-electron chi connectivity index (χ4n) is 3.24. The highest BCUT2D eigenvalue weighted by atomic mass is 32.1. The maximum absolute atomic E-state index is 12.3. The smallest absolute Gasteiger partial charge is 0.251 e. The lowest BCUT2D eigenvalue weighted by atomic mass is 9.85. The molecular weight excluding hydrogens is 332 g/mol. The van der Waals surface area contributed by atoms with Gasteiger partial charge in [0.15, 0.2) is 0 Å². The lowest BCUT2D eigenvalue weighted by Gasteiger charge is -2.20. The van der Waals surface area contributed by atoms with Crippen LogP contribution >= 0.6 is 11.3 Å². The van der Waals surface area contributed by atoms with E-state index in [1.165, 1.54) is 22.3 Å². The monoisotopic (exact) mass is 354 g/mol. The largest absolute Gasteiger partial charge is 0.365 e. The average molecular weight is 354 g/mol. The maximum atomic E-state index is 12.3. The van der Waals surface area contributed by atoms with Gasteiger partial charge in [-0.25, -0.2) is 0 Å². The molecule has 25 heavy (non-hydrogen) atoms. The Morgan fingerprint density at radius 2 is 2.08 bits per heavy atom. The van der Waals surface area contributed by atoms with Crippen LogP contribution in [0, 0.1) is 5.92 Å². The number of benzene rings is 1. The topological polar surface area (TPSA) is 72.2 Å². The van der Waals surface area contributed by atoms with E-state index in [-0.39, 0.29) is 5.91 Å². The molecule has 1 aromatic heterocycles. The van der Waals surface area contributed by atoms with Crippen LogP contribution in [0.15, 0.2) is 36.4 Å². The Bertz CT molecular complexity index is 809. The summed E-state index contributed by atoms with van der Waals surface area (Å²) in [5.74, 6) is -0.0693. The Kier molecular flexibility index (Phi) is 5.34. The zero-order valence-corrected chi connectivity index (χ0v) is 15.1. The first-order valence-corrected chi connectivity index (χ1v) is 9.38. The Balaban J connectivity index is 1.80. The van der Waals surface area contributed by atoms with Crippen molar-refractivity contribution in [2.24, 2.45) is 11.7 Å². The summed E-state index contributed by atoms with van der Waals surface area (Å²) in [6, 6.07) is 9.61. The molecule has 0 aliphatic heterocycles. The Hall–Kier alpha value is -2.40. The van der Waals surface area contributed by atoms with Crippen LogP contribution in [0.1, 0.15) is 46.1 Å². The number of rotatable bonds is 5. The molecule has 3 rings (SSSR count). The number of hydrogen-bond donors (Lipinski definition) is 2. The second-order valence-corrected chi connectivity index (χ2v) is 7.43. The molecule has 5 heteroatoms. The fraction of sp³-hybridized carbons (Fsp3) is 0.300. The molecule has 1 atom stereocenters. The molecule has 2 aromatic rings. The van der Waals surface area contributed by atoms with Crippen LogP contribution in [-0.2, 0) is 17.6 Å². The van der Waals surface area contributed by atoms with E-state index in [0.717, 1.165) is 36.8 Å². The summed E-state index contributed by atoms with van der Waals surface area (Å²) in [4.78, 5) is 25.4. The molecule has 0 fully saturated rings. The minimum Gasteiger partial charge on any atom is -0.365 e. The molecule has 1 aromatic carbocycles. The van der Waals surface area contributed by atoms with Gasteiger partial charge in [-0.3, -0.25) is 9.59 Å². The van der Waals surface area contributed by atoms with Crippen LogP contribution in [0.3, 0.4) is 0 Å². The van der Waals surface area contributed by atoms with Gasteiger partial charge in [0.2, 0.25) is 5.91 Å². The first-order chi connectivity index (χ1) is 12.1. The number of anilines is 1. The fourth-order valence-corrected chi connectivity index (χ4v) is 4.61. The third-order valence-corrected chi connectivity index (χ3v) is 5.82. The summed E-state index contributed by atoms with van der Waals surface area (Å²) in [6.45, 7) is 2.19. The first-order valence-electron chi connectivity index (χ1n) is 8.57. The van der Waals surface area contributed by atoms with Crippen LogP contribution in [-0.4, -0.2) is 11.8 Å². The first kappa shape index (κ1) is 17.4. The van der Waals surface area contributed by atoms with Crippen molar-refractivity contribution in [2.75, 3.05) is 5.32 Å². The molecule has 1 heterocycles. The number of hydrogen-bond acceptors (Lipinski definition) is 3. The Labute approximate surface area is 151 Å². The normalized spacial score (nSPS) is 16.6. The van der Waals surface area contributed by atoms with Gasteiger partial charge in [0, 0.05) is 11.0 Å². The number of thiophene rings is 1. The summed E-state index contributed by atoms with van der Waals surface area (Å²) in [5.41, 5.74) is 8.07. The molecule has 1 aliphatic rings. The minimum absolute atomic E-state index is 0.253. The molecule has 0 saturated carbocycles. The van der Waals surface area contributed by atoms with Gasteiger partial charge in [0.05, 0.1) is 5.56 Å². The SMILES string of the molecule is CC[C@@H]1CCc2c(sc(NC(=O)/C=C\c3ccccc3)c2C(N)=O)C1. The van der Waals surface area contributed by atoms with Crippen LogP contribution in [0.5, 0.6) is 0 Å². The molecule has 2 amide bonds. The van der Waals surface area contributed by atoms with Crippen molar-refractivity contribution in [3.8, 4) is 0 Å². The summed E-state index contributed by atoms with van der Waals surface area (Å²) >= 11 is 1.49. The van der Waals surface area contributed by atoms with Crippen LogP contribution in [0.25, 0.3) is 6.08 Å². The van der Waals surface area contributed by atoms with Crippen LogP contribution in [0.2, 0.25) is 0 Å². The minimum atomic E-state index is -0.463. The van der Waals surface area contributed by atoms with E-state index in [1.807, 2.05) is 30.3 Å². The van der Waals surface area contributed by atoms with Gasteiger partial charge in [-0.15, -0.1) is 11.3 Å². The molecule has 0 bridgehead atoms. The van der Waals surface area contributed by atoms with Crippen molar-refractivity contribution in [3.63, 3.8) is 0 Å².